The van der Waals surface area contributed by atoms with E-state index in [1.54, 1.807) is 0 Å². The molecule has 3 heteroatoms. The van der Waals surface area contributed by atoms with Crippen LogP contribution in [0.1, 0.15) is 59.3 Å². The Bertz CT molecular complexity index is 308. The summed E-state index contributed by atoms with van der Waals surface area (Å²) >= 11 is 0. The van der Waals surface area contributed by atoms with Crippen molar-refractivity contribution in [1.82, 2.24) is 4.90 Å². The standard InChI is InChI=1S/C15H27NO2/c1-4-15(14(17)18)9-6-10-16(15)13-11(2)7-5-8-12(13)3/h11-13H,4-10H2,1-3H3,(H,17,18). The molecule has 3 atom stereocenters. The average Bonchev–Trinajstić information content (AvgIpc) is 2.73. The van der Waals surface area contributed by atoms with Crippen molar-refractivity contribution in [1.29, 1.82) is 0 Å². The maximum atomic E-state index is 11.8. The average molecular weight is 253 g/mol. The topological polar surface area (TPSA) is 40.5 Å². The van der Waals surface area contributed by atoms with Crippen LogP contribution in [0.15, 0.2) is 0 Å². The molecule has 104 valence electrons. The van der Waals surface area contributed by atoms with E-state index in [9.17, 15) is 9.90 Å². The summed E-state index contributed by atoms with van der Waals surface area (Å²) < 4.78 is 0. The highest BCUT2D eigenvalue weighted by atomic mass is 16.4. The maximum absolute atomic E-state index is 11.8. The predicted octanol–water partition coefficient (Wildman–Crippen LogP) is 3.14. The van der Waals surface area contributed by atoms with Crippen molar-refractivity contribution in [2.24, 2.45) is 11.8 Å². The summed E-state index contributed by atoms with van der Waals surface area (Å²) in [7, 11) is 0. The number of aliphatic carboxylic acids is 1. The van der Waals surface area contributed by atoms with Gasteiger partial charge in [0.05, 0.1) is 0 Å². The number of carboxylic acids is 1. The van der Waals surface area contributed by atoms with Gasteiger partial charge in [0.25, 0.3) is 0 Å². The summed E-state index contributed by atoms with van der Waals surface area (Å²) in [5, 5.41) is 9.70. The Morgan fingerprint density at radius 1 is 1.28 bits per heavy atom. The number of hydrogen-bond donors (Lipinski definition) is 1. The van der Waals surface area contributed by atoms with E-state index in [4.69, 9.17) is 0 Å². The Balaban J connectivity index is 2.27. The van der Waals surface area contributed by atoms with Gasteiger partial charge >= 0.3 is 5.97 Å². The molecular formula is C15H27NO2. The molecule has 3 unspecified atom stereocenters. The van der Waals surface area contributed by atoms with E-state index >= 15 is 0 Å². The Morgan fingerprint density at radius 2 is 1.89 bits per heavy atom. The van der Waals surface area contributed by atoms with Crippen molar-refractivity contribution in [3.8, 4) is 0 Å². The molecule has 3 nitrogen and oxygen atoms in total. The normalized spacial score (nSPS) is 42.1. The molecule has 1 saturated heterocycles. The van der Waals surface area contributed by atoms with Gasteiger partial charge in [-0.25, -0.2) is 0 Å². The SMILES string of the molecule is CCC1(C(=O)O)CCCN1C1C(C)CCCC1C. The summed E-state index contributed by atoms with van der Waals surface area (Å²) in [6.45, 7) is 7.62. The zero-order valence-corrected chi connectivity index (χ0v) is 12.0. The number of carbonyl (C=O) groups is 1. The first-order valence-electron chi connectivity index (χ1n) is 7.53. The number of nitrogens with zero attached hydrogens (tertiary/aromatic N) is 1. The lowest BCUT2D eigenvalue weighted by molar-refractivity contribution is -0.153. The molecule has 0 aromatic rings. The van der Waals surface area contributed by atoms with Crippen molar-refractivity contribution < 1.29 is 9.90 Å². The van der Waals surface area contributed by atoms with E-state index in [0.717, 1.165) is 25.8 Å². The molecule has 2 rings (SSSR count). The van der Waals surface area contributed by atoms with Crippen LogP contribution < -0.4 is 0 Å². The molecule has 18 heavy (non-hydrogen) atoms. The Labute approximate surface area is 111 Å². The fourth-order valence-electron chi connectivity index (χ4n) is 4.37. The molecule has 2 fully saturated rings. The molecule has 1 saturated carbocycles. The predicted molar refractivity (Wildman–Crippen MR) is 72.6 cm³/mol. The van der Waals surface area contributed by atoms with Gasteiger partial charge < -0.3 is 5.11 Å². The molecule has 0 aromatic carbocycles. The zero-order valence-electron chi connectivity index (χ0n) is 12.0. The zero-order chi connectivity index (χ0) is 13.3. The van der Waals surface area contributed by atoms with Crippen LogP contribution in [0, 0.1) is 11.8 Å². The first kappa shape index (κ1) is 13.9. The summed E-state index contributed by atoms with van der Waals surface area (Å²) in [6.07, 6.45) is 6.41. The third-order valence-corrected chi connectivity index (χ3v) is 5.37. The highest BCUT2D eigenvalue weighted by molar-refractivity contribution is 5.79. The smallest absolute Gasteiger partial charge is 0.324 e. The molecule has 0 spiro atoms. The molecule has 1 heterocycles. The van der Waals surface area contributed by atoms with Crippen LogP contribution in [-0.4, -0.2) is 34.1 Å². The largest absolute Gasteiger partial charge is 0.480 e. The lowest BCUT2D eigenvalue weighted by Gasteiger charge is -2.47. The van der Waals surface area contributed by atoms with Gasteiger partial charge in [-0.15, -0.1) is 0 Å². The molecule has 0 radical (unpaired) electrons. The molecule has 0 aromatic heterocycles. The summed E-state index contributed by atoms with van der Waals surface area (Å²) in [5.41, 5.74) is -0.579. The first-order chi connectivity index (χ1) is 8.53. The lowest BCUT2D eigenvalue weighted by Crippen LogP contribution is -2.58. The van der Waals surface area contributed by atoms with E-state index < -0.39 is 11.5 Å². The van der Waals surface area contributed by atoms with Gasteiger partial charge in [0.15, 0.2) is 0 Å². The highest BCUT2D eigenvalue weighted by Crippen LogP contribution is 2.42. The summed E-state index contributed by atoms with van der Waals surface area (Å²) in [6, 6.07) is 0.470. The van der Waals surface area contributed by atoms with Gasteiger partial charge in [0.2, 0.25) is 0 Å². The molecule has 0 amide bonds. The van der Waals surface area contributed by atoms with Gasteiger partial charge in [-0.3, -0.25) is 9.69 Å². The second-order valence-electron chi connectivity index (χ2n) is 6.36. The van der Waals surface area contributed by atoms with E-state index in [-0.39, 0.29) is 0 Å². The van der Waals surface area contributed by atoms with Crippen LogP contribution >= 0.6 is 0 Å². The third-order valence-electron chi connectivity index (χ3n) is 5.37. The van der Waals surface area contributed by atoms with E-state index in [0.29, 0.717) is 17.9 Å². The van der Waals surface area contributed by atoms with Gasteiger partial charge in [-0.1, -0.05) is 27.2 Å². The second-order valence-corrected chi connectivity index (χ2v) is 6.36. The van der Waals surface area contributed by atoms with Crippen LogP contribution in [0.2, 0.25) is 0 Å². The maximum Gasteiger partial charge on any atom is 0.324 e. The quantitative estimate of drug-likeness (QED) is 0.840. The number of likely N-dealkylation sites (tertiary alicyclic amines) is 1. The van der Waals surface area contributed by atoms with Crippen LogP contribution in [0.25, 0.3) is 0 Å². The van der Waals surface area contributed by atoms with Crippen LogP contribution in [-0.2, 0) is 4.79 Å². The summed E-state index contributed by atoms with van der Waals surface area (Å²) in [5.74, 6) is 0.668. The third kappa shape index (κ3) is 2.07. The molecule has 1 N–H and O–H groups in total. The van der Waals surface area contributed by atoms with E-state index in [1.165, 1.54) is 19.3 Å². The van der Waals surface area contributed by atoms with E-state index in [2.05, 4.69) is 18.7 Å². The van der Waals surface area contributed by atoms with Gasteiger partial charge in [0.1, 0.15) is 5.54 Å². The molecule has 1 aliphatic heterocycles. The molecule has 1 aliphatic carbocycles. The second kappa shape index (κ2) is 5.20. The van der Waals surface area contributed by atoms with Crippen LogP contribution in [0.4, 0.5) is 0 Å². The van der Waals surface area contributed by atoms with Gasteiger partial charge in [0, 0.05) is 6.04 Å². The fraction of sp³-hybridized carbons (Fsp3) is 0.933. The number of hydrogen-bond acceptors (Lipinski definition) is 2. The molecule has 2 aliphatic rings. The van der Waals surface area contributed by atoms with Crippen molar-refractivity contribution in [3.63, 3.8) is 0 Å². The van der Waals surface area contributed by atoms with E-state index in [1.807, 2.05) is 6.92 Å². The fourth-order valence-corrected chi connectivity index (χ4v) is 4.37. The minimum absolute atomic E-state index is 0.470. The first-order valence-corrected chi connectivity index (χ1v) is 7.53. The Hall–Kier alpha value is -0.570. The Morgan fingerprint density at radius 3 is 2.39 bits per heavy atom. The van der Waals surface area contributed by atoms with Crippen LogP contribution in [0.5, 0.6) is 0 Å². The number of rotatable bonds is 3. The Kier molecular flexibility index (Phi) is 4.00. The molecule has 0 bridgehead atoms. The van der Waals surface area contributed by atoms with Crippen molar-refractivity contribution in [2.45, 2.75) is 70.9 Å². The van der Waals surface area contributed by atoms with Crippen LogP contribution in [0.3, 0.4) is 0 Å². The number of carboxylic acid groups (broad SMARTS) is 1. The lowest BCUT2D eigenvalue weighted by atomic mass is 9.76. The monoisotopic (exact) mass is 253 g/mol. The highest BCUT2D eigenvalue weighted by Gasteiger charge is 2.51. The summed E-state index contributed by atoms with van der Waals surface area (Å²) in [4.78, 5) is 14.1. The molecular weight excluding hydrogens is 226 g/mol. The van der Waals surface area contributed by atoms with Crippen molar-refractivity contribution in [3.05, 3.63) is 0 Å². The van der Waals surface area contributed by atoms with Gasteiger partial charge in [-0.05, 0) is 50.5 Å². The van der Waals surface area contributed by atoms with Crippen molar-refractivity contribution in [2.75, 3.05) is 6.54 Å². The minimum atomic E-state index is -0.604. The van der Waals surface area contributed by atoms with Crippen molar-refractivity contribution >= 4 is 5.97 Å². The van der Waals surface area contributed by atoms with Gasteiger partial charge in [-0.2, -0.15) is 0 Å². The minimum Gasteiger partial charge on any atom is -0.480 e.